The van der Waals surface area contributed by atoms with Crippen LogP contribution in [-0.4, -0.2) is 41.9 Å². The third-order valence-electron chi connectivity index (χ3n) is 6.01. The Labute approximate surface area is 252 Å². The lowest BCUT2D eigenvalue weighted by atomic mass is 10.2. The number of methoxy groups -OCH3 is 1. The number of ether oxygens (including phenoxy) is 4. The van der Waals surface area contributed by atoms with E-state index in [0.717, 1.165) is 16.7 Å². The number of hydrogen-bond donors (Lipinski definition) is 3. The van der Waals surface area contributed by atoms with Crippen LogP contribution in [0.4, 0.5) is 22.0 Å². The fourth-order valence-electron chi connectivity index (χ4n) is 3.99. The van der Waals surface area contributed by atoms with E-state index in [1.54, 1.807) is 13.2 Å². The van der Waals surface area contributed by atoms with Gasteiger partial charge in [-0.15, -0.1) is 0 Å². The normalized spacial score (nSPS) is 10.9. The zero-order valence-electron chi connectivity index (χ0n) is 25.3. The van der Waals surface area contributed by atoms with E-state index in [9.17, 15) is 4.79 Å². The molecule has 43 heavy (non-hydrogen) atoms. The van der Waals surface area contributed by atoms with Gasteiger partial charge in [-0.3, -0.25) is 0 Å². The van der Waals surface area contributed by atoms with Crippen molar-refractivity contribution < 1.29 is 23.7 Å². The molecule has 2 aromatic carbocycles. The van der Waals surface area contributed by atoms with Crippen molar-refractivity contribution >= 4 is 23.3 Å². The predicted octanol–water partition coefficient (Wildman–Crippen LogP) is 6.63. The molecule has 2 aromatic heterocycles. The molecule has 0 bridgehead atoms. The number of hydrogen-bond acceptors (Lipinski definition) is 9. The van der Waals surface area contributed by atoms with Crippen LogP contribution in [0.1, 0.15) is 37.5 Å². The van der Waals surface area contributed by atoms with Gasteiger partial charge in [0.05, 0.1) is 7.11 Å². The molecule has 0 aliphatic rings. The number of anilines is 3. The molecule has 0 saturated carbocycles. The largest absolute Gasteiger partial charge is 0.479 e. The second kappa shape index (κ2) is 14.8. The minimum Gasteiger partial charge on any atom is -0.479 e. The molecule has 0 aliphatic heterocycles. The first-order valence-corrected chi connectivity index (χ1v) is 14.1. The number of amides is 1. The minimum atomic E-state index is -0.552. The van der Waals surface area contributed by atoms with Crippen LogP contribution < -0.4 is 30.2 Å². The van der Waals surface area contributed by atoms with Crippen molar-refractivity contribution in [2.45, 2.75) is 46.5 Å². The third-order valence-corrected chi connectivity index (χ3v) is 6.01. The Kier molecular flexibility index (Phi) is 10.6. The number of pyridine rings is 2. The maximum Gasteiger partial charge on any atom is 0.407 e. The van der Waals surface area contributed by atoms with Crippen molar-refractivity contribution in [1.82, 2.24) is 15.3 Å². The highest BCUT2D eigenvalue weighted by Gasteiger charge is 2.17. The summed E-state index contributed by atoms with van der Waals surface area (Å²) in [7, 11) is 1.56. The van der Waals surface area contributed by atoms with Gasteiger partial charge in [0.1, 0.15) is 36.0 Å². The first-order valence-electron chi connectivity index (χ1n) is 14.1. The quantitative estimate of drug-likeness (QED) is 0.149. The summed E-state index contributed by atoms with van der Waals surface area (Å²) in [4.78, 5) is 21.2. The van der Waals surface area contributed by atoms with Gasteiger partial charge in [0, 0.05) is 19.2 Å². The molecule has 0 aliphatic carbocycles. The van der Waals surface area contributed by atoms with E-state index in [0.29, 0.717) is 61.1 Å². The first-order chi connectivity index (χ1) is 20.7. The van der Waals surface area contributed by atoms with Crippen molar-refractivity contribution in [2.24, 2.45) is 0 Å². The first kappa shape index (κ1) is 31.0. The third kappa shape index (κ3) is 9.81. The SMILES string of the molecule is COc1nc(NCCNC(=O)OC(C)(C)C)c(C)cc1Nc1ccc(OCc2ccccc2)nc1OCc1ccccc1. The smallest absolute Gasteiger partial charge is 0.407 e. The lowest BCUT2D eigenvalue weighted by molar-refractivity contribution is 0.0530. The molecule has 4 aromatic rings. The molecule has 0 atom stereocenters. The minimum absolute atomic E-state index is 0.333. The topological polar surface area (TPSA) is 116 Å². The van der Waals surface area contributed by atoms with Gasteiger partial charge in [-0.1, -0.05) is 60.7 Å². The molecule has 0 fully saturated rings. The number of benzene rings is 2. The molecule has 0 spiro atoms. The summed E-state index contributed by atoms with van der Waals surface area (Å²) in [5.74, 6) is 1.84. The summed E-state index contributed by atoms with van der Waals surface area (Å²) in [6, 6.07) is 25.4. The maximum atomic E-state index is 11.9. The second-order valence-electron chi connectivity index (χ2n) is 10.7. The lowest BCUT2D eigenvalue weighted by Crippen LogP contribution is -2.35. The van der Waals surface area contributed by atoms with Gasteiger partial charge in [-0.25, -0.2) is 4.79 Å². The summed E-state index contributed by atoms with van der Waals surface area (Å²) in [6.07, 6.45) is -0.466. The molecule has 3 N–H and O–H groups in total. The van der Waals surface area contributed by atoms with Crippen molar-refractivity contribution in [3.8, 4) is 17.6 Å². The number of rotatable bonds is 13. The van der Waals surface area contributed by atoms with Crippen LogP contribution in [0.3, 0.4) is 0 Å². The highest BCUT2D eigenvalue weighted by atomic mass is 16.6. The van der Waals surface area contributed by atoms with Crippen molar-refractivity contribution in [1.29, 1.82) is 0 Å². The Balaban J connectivity index is 1.47. The zero-order chi connectivity index (χ0) is 30.7. The van der Waals surface area contributed by atoms with Crippen molar-refractivity contribution in [3.63, 3.8) is 0 Å². The molecular weight excluding hydrogens is 546 g/mol. The zero-order valence-corrected chi connectivity index (χ0v) is 25.3. The fourth-order valence-corrected chi connectivity index (χ4v) is 3.99. The van der Waals surface area contributed by atoms with Crippen LogP contribution in [0.2, 0.25) is 0 Å². The number of nitrogens with one attached hydrogen (secondary N) is 3. The number of carbonyl (C=O) groups excluding carboxylic acids is 1. The van der Waals surface area contributed by atoms with Crippen LogP contribution in [0, 0.1) is 6.92 Å². The lowest BCUT2D eigenvalue weighted by Gasteiger charge is -2.20. The molecule has 226 valence electrons. The van der Waals surface area contributed by atoms with Crippen LogP contribution in [-0.2, 0) is 18.0 Å². The number of aryl methyl sites for hydroxylation is 1. The van der Waals surface area contributed by atoms with E-state index in [1.807, 2.05) is 100 Å². The van der Waals surface area contributed by atoms with E-state index in [4.69, 9.17) is 18.9 Å². The molecule has 1 amide bonds. The van der Waals surface area contributed by atoms with E-state index >= 15 is 0 Å². The summed E-state index contributed by atoms with van der Waals surface area (Å²) >= 11 is 0. The average molecular weight is 586 g/mol. The van der Waals surface area contributed by atoms with Gasteiger partial charge >= 0.3 is 6.09 Å². The van der Waals surface area contributed by atoms with Gasteiger partial charge in [-0.05, 0) is 56.5 Å². The van der Waals surface area contributed by atoms with E-state index in [2.05, 4.69) is 25.9 Å². The van der Waals surface area contributed by atoms with Crippen molar-refractivity contribution in [2.75, 3.05) is 30.8 Å². The molecule has 0 saturated heterocycles. The average Bonchev–Trinajstić information content (AvgIpc) is 2.99. The molecule has 10 nitrogen and oxygen atoms in total. The molecule has 4 rings (SSSR count). The number of carbonyl (C=O) groups is 1. The molecule has 0 unspecified atom stereocenters. The number of nitrogens with zero attached hydrogens (tertiary/aromatic N) is 2. The summed E-state index contributed by atoms with van der Waals surface area (Å²) in [5, 5.41) is 9.34. The van der Waals surface area contributed by atoms with Crippen LogP contribution in [0.25, 0.3) is 0 Å². The second-order valence-corrected chi connectivity index (χ2v) is 10.7. The Hall–Kier alpha value is -4.99. The van der Waals surface area contributed by atoms with Crippen molar-refractivity contribution in [3.05, 3.63) is 95.6 Å². The molecule has 10 heteroatoms. The molecule has 2 heterocycles. The summed E-state index contributed by atoms with van der Waals surface area (Å²) < 4.78 is 23.0. The van der Waals surface area contributed by atoms with E-state index < -0.39 is 11.7 Å². The highest BCUT2D eigenvalue weighted by molar-refractivity contribution is 5.71. The Morgan fingerprint density at radius 1 is 0.791 bits per heavy atom. The fraction of sp³-hybridized carbons (Fsp3) is 0.303. The van der Waals surface area contributed by atoms with Crippen LogP contribution in [0.15, 0.2) is 78.9 Å². The Morgan fingerprint density at radius 3 is 2.07 bits per heavy atom. The highest BCUT2D eigenvalue weighted by Crippen LogP contribution is 2.34. The van der Waals surface area contributed by atoms with E-state index in [-0.39, 0.29) is 0 Å². The molecule has 0 radical (unpaired) electrons. The van der Waals surface area contributed by atoms with Crippen LogP contribution >= 0.6 is 0 Å². The number of alkyl carbamates (subject to hydrolysis) is 1. The molecular formula is C33H39N5O5. The monoisotopic (exact) mass is 585 g/mol. The Bertz CT molecular complexity index is 1480. The van der Waals surface area contributed by atoms with Crippen LogP contribution in [0.5, 0.6) is 17.6 Å². The van der Waals surface area contributed by atoms with Gasteiger partial charge in [-0.2, -0.15) is 9.97 Å². The van der Waals surface area contributed by atoms with Gasteiger partial charge in [0.2, 0.25) is 17.6 Å². The van der Waals surface area contributed by atoms with Gasteiger partial charge in [0.15, 0.2) is 0 Å². The predicted molar refractivity (Wildman–Crippen MR) is 167 cm³/mol. The standard InChI is InChI=1S/C33H39N5O5/c1-23-20-27(30(40-5)38-29(23)34-18-19-35-32(39)43-33(2,3)4)36-26-16-17-28(41-21-24-12-8-6-9-13-24)37-31(26)42-22-25-14-10-7-11-15-25/h6-17,20,36H,18-19,21-22H2,1-5H3,(H,34,38)(H,35,39). The maximum absolute atomic E-state index is 11.9. The van der Waals surface area contributed by atoms with Gasteiger partial charge in [0.25, 0.3) is 0 Å². The van der Waals surface area contributed by atoms with Gasteiger partial charge < -0.3 is 34.9 Å². The van der Waals surface area contributed by atoms with E-state index in [1.165, 1.54) is 0 Å². The Morgan fingerprint density at radius 2 is 1.44 bits per heavy atom. The summed E-state index contributed by atoms with van der Waals surface area (Å²) in [5.41, 5.74) is 3.65. The summed E-state index contributed by atoms with van der Waals surface area (Å²) in [6.45, 7) is 8.94. The number of aromatic nitrogens is 2.